The molecule has 6 aromatic rings. The van der Waals surface area contributed by atoms with Gasteiger partial charge in [0, 0.05) is 16.7 Å². The molecule has 10 rings (SSSR count). The predicted molar refractivity (Wildman–Crippen MR) is 245 cm³/mol. The summed E-state index contributed by atoms with van der Waals surface area (Å²) >= 11 is 0. The van der Waals surface area contributed by atoms with Crippen molar-refractivity contribution in [2.75, 3.05) is 0 Å². The van der Waals surface area contributed by atoms with E-state index in [-0.39, 0.29) is 5.41 Å². The molecule has 302 valence electrons. The Kier molecular flexibility index (Phi) is 10.1. The Labute approximate surface area is 357 Å². The minimum absolute atomic E-state index is 0.261. The highest BCUT2D eigenvalue weighted by Crippen LogP contribution is 2.55. The van der Waals surface area contributed by atoms with E-state index in [1.807, 2.05) is 18.2 Å². The fraction of sp³-hybridized carbons (Fsp3) is 0.393. The molecule has 0 amide bonds. The van der Waals surface area contributed by atoms with E-state index in [0.717, 1.165) is 68.9 Å². The summed E-state index contributed by atoms with van der Waals surface area (Å²) in [4.78, 5) is 15.8. The molecule has 4 aliphatic carbocycles. The van der Waals surface area contributed by atoms with Gasteiger partial charge in [0.15, 0.2) is 17.5 Å². The molecule has 4 saturated carbocycles. The molecule has 5 aromatic carbocycles. The maximum atomic E-state index is 9.63. The Morgan fingerprint density at radius 3 is 1.43 bits per heavy atom. The fourth-order valence-corrected chi connectivity index (χ4v) is 13.4. The van der Waals surface area contributed by atoms with Crippen LogP contribution >= 0.6 is 0 Å². The lowest BCUT2D eigenvalue weighted by molar-refractivity contribution is 0.0779. The van der Waals surface area contributed by atoms with E-state index in [1.165, 1.54) is 80.9 Å². The smallest absolute Gasteiger partial charge is 0.164 e. The number of nitrogens with zero attached hydrogens (tertiary/aromatic N) is 4. The average Bonchev–Trinajstić information content (AvgIpc) is 3.25. The quantitative estimate of drug-likeness (QED) is 0.162. The molecule has 0 aliphatic heterocycles. The van der Waals surface area contributed by atoms with Crippen LogP contribution in [0.4, 0.5) is 0 Å². The molecule has 4 fully saturated rings. The molecule has 0 radical (unpaired) electrons. The molecular formula is C56H58N4. The molecule has 8 atom stereocenters. The molecule has 2 unspecified atom stereocenters. The standard InChI is InChI=1S/C56H58N4/c1-36-23-41-24-37(2)30-55(29-36,33-41)48-19-15-43(16-20-48)50-13-5-6-14-51(50)54-59-52(44-17-21-49(22-18-44)56-31-38(3)25-42(34-56)26-39(4)32-56)58-53(60-54)47-12-8-11-46(28-47)45-10-7-9-40(27-45)35-57/h5-22,27-28,36-39,41-42H,23-26,29-34H2,1-4H3/t36-,37+,38-,39+,41-,42-,55?,56?. The second-order valence-electron chi connectivity index (χ2n) is 20.2. The van der Waals surface area contributed by atoms with Crippen LogP contribution in [-0.4, -0.2) is 15.0 Å². The number of nitriles is 1. The Morgan fingerprint density at radius 1 is 0.433 bits per heavy atom. The van der Waals surface area contributed by atoms with Crippen LogP contribution in [0.3, 0.4) is 0 Å². The largest absolute Gasteiger partial charge is 0.208 e. The molecule has 0 N–H and O–H groups in total. The van der Waals surface area contributed by atoms with Crippen molar-refractivity contribution in [1.82, 2.24) is 15.0 Å². The van der Waals surface area contributed by atoms with E-state index in [1.54, 1.807) is 0 Å². The summed E-state index contributed by atoms with van der Waals surface area (Å²) in [6, 6.07) is 45.9. The van der Waals surface area contributed by atoms with Gasteiger partial charge in [-0.15, -0.1) is 0 Å². The monoisotopic (exact) mass is 786 g/mol. The molecular weight excluding hydrogens is 729 g/mol. The molecule has 60 heavy (non-hydrogen) atoms. The van der Waals surface area contributed by atoms with Crippen molar-refractivity contribution in [2.45, 2.75) is 103 Å². The lowest BCUT2D eigenvalue weighted by atomic mass is 9.54. The van der Waals surface area contributed by atoms with Crippen LogP contribution in [0, 0.1) is 46.8 Å². The van der Waals surface area contributed by atoms with Crippen molar-refractivity contribution in [2.24, 2.45) is 35.5 Å². The van der Waals surface area contributed by atoms with E-state index >= 15 is 0 Å². The average molecular weight is 787 g/mol. The number of aromatic nitrogens is 3. The number of hydrogen-bond donors (Lipinski definition) is 0. The SMILES string of the molecule is C[C@@H]1C[C@@H]2C[C@H](C)CC(c3ccc(-c4nc(-c5cccc(-c6cccc(C#N)c6)c5)nc(-c5ccccc5-c5ccc(C67C[C@H](C)C[C@H](C[C@H](C)C6)C7)cc5)n4)cc3)(C1)C2. The molecule has 0 saturated heterocycles. The Hall–Kier alpha value is -5.40. The molecule has 4 nitrogen and oxygen atoms in total. The summed E-state index contributed by atoms with van der Waals surface area (Å²) in [7, 11) is 0. The van der Waals surface area contributed by atoms with Crippen LogP contribution in [0.2, 0.25) is 0 Å². The predicted octanol–water partition coefficient (Wildman–Crippen LogP) is 14.3. The van der Waals surface area contributed by atoms with Gasteiger partial charge in [-0.25, -0.2) is 15.0 Å². The third kappa shape index (κ3) is 7.40. The van der Waals surface area contributed by atoms with Gasteiger partial charge in [0.1, 0.15) is 0 Å². The third-order valence-corrected chi connectivity index (χ3v) is 15.1. The summed E-state index contributed by atoms with van der Waals surface area (Å²) in [6.07, 6.45) is 13.3. The third-order valence-electron chi connectivity index (χ3n) is 15.1. The van der Waals surface area contributed by atoms with Crippen molar-refractivity contribution in [3.63, 3.8) is 0 Å². The molecule has 1 aromatic heterocycles. The summed E-state index contributed by atoms with van der Waals surface area (Å²) < 4.78 is 0. The highest BCUT2D eigenvalue weighted by molar-refractivity contribution is 5.82. The molecule has 0 spiro atoms. The molecule has 4 heteroatoms. The van der Waals surface area contributed by atoms with Crippen LogP contribution in [-0.2, 0) is 10.8 Å². The van der Waals surface area contributed by atoms with Crippen LogP contribution < -0.4 is 0 Å². The summed E-state index contributed by atoms with van der Waals surface area (Å²) in [5.74, 6) is 6.75. The van der Waals surface area contributed by atoms with Gasteiger partial charge in [0.2, 0.25) is 0 Å². The zero-order valence-corrected chi connectivity index (χ0v) is 35.9. The first-order chi connectivity index (χ1) is 29.1. The van der Waals surface area contributed by atoms with Crippen LogP contribution in [0.5, 0.6) is 0 Å². The van der Waals surface area contributed by atoms with Gasteiger partial charge in [-0.1, -0.05) is 131 Å². The van der Waals surface area contributed by atoms with Gasteiger partial charge >= 0.3 is 0 Å². The number of benzene rings is 5. The van der Waals surface area contributed by atoms with Gasteiger partial charge in [-0.2, -0.15) is 5.26 Å². The van der Waals surface area contributed by atoms with Gasteiger partial charge < -0.3 is 0 Å². The van der Waals surface area contributed by atoms with Crippen molar-refractivity contribution >= 4 is 0 Å². The van der Waals surface area contributed by atoms with E-state index in [4.69, 9.17) is 15.0 Å². The fourth-order valence-electron chi connectivity index (χ4n) is 13.4. The molecule has 4 aliphatic rings. The lowest BCUT2D eigenvalue weighted by Gasteiger charge is -2.50. The van der Waals surface area contributed by atoms with Crippen LogP contribution in [0.15, 0.2) is 121 Å². The van der Waals surface area contributed by atoms with E-state index in [0.29, 0.717) is 28.5 Å². The summed E-state index contributed by atoms with van der Waals surface area (Å²) in [6.45, 7) is 9.86. The first-order valence-electron chi connectivity index (χ1n) is 22.8. The van der Waals surface area contributed by atoms with Gasteiger partial charge in [0.05, 0.1) is 11.6 Å². The van der Waals surface area contributed by atoms with Crippen molar-refractivity contribution < 1.29 is 0 Å². The number of hydrogen-bond acceptors (Lipinski definition) is 4. The lowest BCUT2D eigenvalue weighted by Crippen LogP contribution is -2.42. The zero-order valence-electron chi connectivity index (χ0n) is 35.9. The molecule has 1 heterocycles. The summed E-state index contributed by atoms with van der Waals surface area (Å²) in [5.41, 5.74) is 11.4. The normalized spacial score (nSPS) is 28.4. The van der Waals surface area contributed by atoms with E-state index < -0.39 is 0 Å². The highest BCUT2D eigenvalue weighted by atomic mass is 15.0. The molecule has 4 bridgehead atoms. The highest BCUT2D eigenvalue weighted by Gasteiger charge is 2.46. The van der Waals surface area contributed by atoms with E-state index in [9.17, 15) is 5.26 Å². The van der Waals surface area contributed by atoms with Crippen molar-refractivity contribution in [3.05, 3.63) is 138 Å². The van der Waals surface area contributed by atoms with E-state index in [2.05, 4.69) is 137 Å². The maximum absolute atomic E-state index is 9.63. The van der Waals surface area contributed by atoms with Gasteiger partial charge in [0.25, 0.3) is 0 Å². The maximum Gasteiger partial charge on any atom is 0.164 e. The Balaban J connectivity index is 1.05. The Morgan fingerprint density at radius 2 is 0.883 bits per heavy atom. The zero-order chi connectivity index (χ0) is 41.0. The Bertz CT molecular complexity index is 2520. The second-order valence-corrected chi connectivity index (χ2v) is 20.2. The first kappa shape index (κ1) is 38.8. The first-order valence-corrected chi connectivity index (χ1v) is 22.8. The number of rotatable bonds is 7. The minimum atomic E-state index is 0.261. The topological polar surface area (TPSA) is 62.5 Å². The van der Waals surface area contributed by atoms with Crippen molar-refractivity contribution in [1.29, 1.82) is 5.26 Å². The van der Waals surface area contributed by atoms with Crippen molar-refractivity contribution in [3.8, 4) is 62.5 Å². The van der Waals surface area contributed by atoms with Crippen LogP contribution in [0.25, 0.3) is 56.4 Å². The van der Waals surface area contributed by atoms with Crippen LogP contribution in [0.1, 0.15) is 109 Å². The summed E-state index contributed by atoms with van der Waals surface area (Å²) in [5, 5.41) is 9.63. The minimum Gasteiger partial charge on any atom is -0.208 e. The van der Waals surface area contributed by atoms with Gasteiger partial charge in [-0.3, -0.25) is 0 Å². The number of fused-ring (bicyclic) bond motifs is 4. The van der Waals surface area contributed by atoms with Gasteiger partial charge in [-0.05, 0) is 162 Å². The second kappa shape index (κ2) is 15.6.